The number of aromatic nitrogens is 1. The topological polar surface area (TPSA) is 60.6 Å². The molecule has 1 aliphatic carbocycles. The molecule has 1 saturated heterocycles. The zero-order valence-corrected chi connectivity index (χ0v) is 21.5. The molecule has 2 N–H and O–H groups in total. The molecule has 1 aliphatic heterocycles. The van der Waals surface area contributed by atoms with Gasteiger partial charge < -0.3 is 15.1 Å². The molecule has 35 heavy (non-hydrogen) atoms. The van der Waals surface area contributed by atoms with Gasteiger partial charge >= 0.3 is 6.09 Å². The molecule has 5 rings (SSSR count). The van der Waals surface area contributed by atoms with Gasteiger partial charge in [-0.05, 0) is 75.7 Å². The number of piperidine rings is 1. The minimum atomic E-state index is -0.312. The molecule has 3 aromatic rings. The summed E-state index contributed by atoms with van der Waals surface area (Å²) in [4.78, 5) is 24.1. The van der Waals surface area contributed by atoms with E-state index < -0.39 is 0 Å². The SMILES string of the molecule is CN(C)C1(c2ccccc2)CCC(NC(=O)ON2CCC(c3c[nH]c4ccccc34)CC2)CC1.Cl. The van der Waals surface area contributed by atoms with Gasteiger partial charge in [-0.25, -0.2) is 4.79 Å². The standard InChI is InChI=1S/C28H36N4O2.ClH/c1-31(2)28(22-8-4-3-5-9-22)16-12-23(13-17-28)30-27(33)34-32-18-14-21(15-19-32)25-20-29-26-11-7-6-10-24(25)26;/h3-11,20-21,23,29H,12-19H2,1-2H3,(H,30,33);1H. The van der Waals surface area contributed by atoms with Crippen LogP contribution in [0.4, 0.5) is 4.79 Å². The lowest BCUT2D eigenvalue weighted by Gasteiger charge is -2.45. The van der Waals surface area contributed by atoms with Gasteiger partial charge in [-0.2, -0.15) is 0 Å². The highest BCUT2D eigenvalue weighted by Gasteiger charge is 2.39. The number of nitrogens with zero attached hydrogens (tertiary/aromatic N) is 2. The van der Waals surface area contributed by atoms with Crippen molar-refractivity contribution >= 4 is 29.4 Å². The highest BCUT2D eigenvalue weighted by atomic mass is 35.5. The van der Waals surface area contributed by atoms with Gasteiger partial charge in [0, 0.05) is 41.8 Å². The first-order valence-corrected chi connectivity index (χ1v) is 12.6. The first-order valence-electron chi connectivity index (χ1n) is 12.6. The van der Waals surface area contributed by atoms with Gasteiger partial charge in [0.15, 0.2) is 0 Å². The van der Waals surface area contributed by atoms with Crippen molar-refractivity contribution in [2.75, 3.05) is 27.2 Å². The fourth-order valence-corrected chi connectivity index (χ4v) is 5.98. The van der Waals surface area contributed by atoms with Gasteiger partial charge in [-0.15, -0.1) is 17.5 Å². The quantitative estimate of drug-likeness (QED) is 0.468. The maximum absolute atomic E-state index is 12.6. The number of carbonyl (C=O) groups is 1. The predicted octanol–water partition coefficient (Wildman–Crippen LogP) is 5.81. The lowest BCUT2D eigenvalue weighted by Crippen LogP contribution is -2.49. The molecule has 2 aliphatic rings. The molecule has 0 spiro atoms. The smallest absolute Gasteiger partial charge is 0.361 e. The van der Waals surface area contributed by atoms with Crippen LogP contribution in [0.15, 0.2) is 60.8 Å². The average Bonchev–Trinajstić information content (AvgIpc) is 3.30. The molecule has 6 nitrogen and oxygen atoms in total. The van der Waals surface area contributed by atoms with Crippen LogP contribution in [-0.4, -0.2) is 54.3 Å². The lowest BCUT2D eigenvalue weighted by atomic mass is 9.74. The summed E-state index contributed by atoms with van der Waals surface area (Å²) in [6.07, 6.45) is 7.74. The molecular formula is C28H37ClN4O2. The summed E-state index contributed by atoms with van der Waals surface area (Å²) < 4.78 is 0. The molecule has 2 fully saturated rings. The molecule has 0 bridgehead atoms. The van der Waals surface area contributed by atoms with E-state index >= 15 is 0 Å². The third-order valence-electron chi connectivity index (χ3n) is 8.03. The number of nitrogens with one attached hydrogen (secondary N) is 2. The fourth-order valence-electron chi connectivity index (χ4n) is 5.98. The van der Waals surface area contributed by atoms with Crippen molar-refractivity contribution in [3.05, 3.63) is 71.9 Å². The molecule has 7 heteroatoms. The van der Waals surface area contributed by atoms with Crippen LogP contribution in [0.3, 0.4) is 0 Å². The average molecular weight is 497 g/mol. The van der Waals surface area contributed by atoms with E-state index in [1.165, 1.54) is 22.0 Å². The minimum Gasteiger partial charge on any atom is -0.361 e. The van der Waals surface area contributed by atoms with Gasteiger partial charge in [0.2, 0.25) is 0 Å². The third kappa shape index (κ3) is 5.35. The Balaban J connectivity index is 0.00000289. The summed E-state index contributed by atoms with van der Waals surface area (Å²) in [5.41, 5.74) is 3.96. The predicted molar refractivity (Wildman–Crippen MR) is 143 cm³/mol. The first kappa shape index (κ1) is 25.5. The summed E-state index contributed by atoms with van der Waals surface area (Å²) in [7, 11) is 4.32. The van der Waals surface area contributed by atoms with Crippen LogP contribution >= 0.6 is 12.4 Å². The van der Waals surface area contributed by atoms with Crippen molar-refractivity contribution in [3.63, 3.8) is 0 Å². The maximum Gasteiger partial charge on any atom is 0.426 e. The van der Waals surface area contributed by atoms with E-state index in [9.17, 15) is 4.79 Å². The molecule has 2 heterocycles. The molecule has 0 radical (unpaired) electrons. The Morgan fingerprint density at radius 1 is 1.00 bits per heavy atom. The maximum atomic E-state index is 12.6. The number of hydrogen-bond acceptors (Lipinski definition) is 4. The number of carbonyl (C=O) groups excluding carboxylic acids is 1. The highest BCUT2D eigenvalue weighted by molar-refractivity contribution is 5.85. The van der Waals surface area contributed by atoms with Crippen LogP contribution in [0.5, 0.6) is 0 Å². The summed E-state index contributed by atoms with van der Waals surface area (Å²) in [6.45, 7) is 1.53. The van der Waals surface area contributed by atoms with E-state index in [1.54, 1.807) is 0 Å². The number of benzene rings is 2. The van der Waals surface area contributed by atoms with E-state index in [4.69, 9.17) is 4.84 Å². The fraction of sp³-hybridized carbons (Fsp3) is 0.464. The Labute approximate surface area is 214 Å². The van der Waals surface area contributed by atoms with E-state index in [-0.39, 0.29) is 30.1 Å². The Bertz CT molecular complexity index is 1100. The second kappa shape index (κ2) is 11.0. The highest BCUT2D eigenvalue weighted by Crippen LogP contribution is 2.41. The van der Waals surface area contributed by atoms with Crippen molar-refractivity contribution in [2.45, 2.75) is 56.0 Å². The summed E-state index contributed by atoms with van der Waals surface area (Å²) >= 11 is 0. The van der Waals surface area contributed by atoms with E-state index in [2.05, 4.69) is 90.1 Å². The monoisotopic (exact) mass is 496 g/mol. The van der Waals surface area contributed by atoms with E-state index in [0.29, 0.717) is 5.92 Å². The molecule has 1 amide bonds. The van der Waals surface area contributed by atoms with Gasteiger partial charge in [0.25, 0.3) is 0 Å². The molecule has 2 aromatic carbocycles. The van der Waals surface area contributed by atoms with Crippen LogP contribution in [0.25, 0.3) is 10.9 Å². The van der Waals surface area contributed by atoms with E-state index in [0.717, 1.165) is 51.6 Å². The van der Waals surface area contributed by atoms with Crippen LogP contribution in [0.2, 0.25) is 0 Å². The number of rotatable bonds is 5. The van der Waals surface area contributed by atoms with Crippen molar-refractivity contribution in [2.24, 2.45) is 0 Å². The molecule has 1 aromatic heterocycles. The number of amides is 1. The molecule has 0 unspecified atom stereocenters. The first-order chi connectivity index (χ1) is 16.5. The zero-order chi connectivity index (χ0) is 23.5. The number of hydroxylamine groups is 2. The molecule has 188 valence electrons. The Morgan fingerprint density at radius 3 is 2.34 bits per heavy atom. The largest absolute Gasteiger partial charge is 0.426 e. The van der Waals surface area contributed by atoms with Gasteiger partial charge in [-0.1, -0.05) is 48.5 Å². The normalized spacial score (nSPS) is 23.7. The summed E-state index contributed by atoms with van der Waals surface area (Å²) in [5.74, 6) is 0.495. The number of para-hydroxylation sites is 1. The lowest BCUT2D eigenvalue weighted by molar-refractivity contribution is -0.115. The number of halogens is 1. The second-order valence-electron chi connectivity index (χ2n) is 10.1. The van der Waals surface area contributed by atoms with Crippen LogP contribution in [0, 0.1) is 0 Å². The summed E-state index contributed by atoms with van der Waals surface area (Å²) in [5, 5.41) is 6.27. The Kier molecular flexibility index (Phi) is 8.05. The van der Waals surface area contributed by atoms with Crippen LogP contribution in [-0.2, 0) is 10.4 Å². The second-order valence-corrected chi connectivity index (χ2v) is 10.1. The van der Waals surface area contributed by atoms with Crippen molar-refractivity contribution < 1.29 is 9.63 Å². The Hall–Kier alpha value is -2.54. The van der Waals surface area contributed by atoms with Crippen LogP contribution < -0.4 is 5.32 Å². The zero-order valence-electron chi connectivity index (χ0n) is 20.7. The van der Waals surface area contributed by atoms with Gasteiger partial charge in [-0.3, -0.25) is 4.90 Å². The Morgan fingerprint density at radius 2 is 1.66 bits per heavy atom. The van der Waals surface area contributed by atoms with Gasteiger partial charge in [0.1, 0.15) is 0 Å². The minimum absolute atomic E-state index is 0. The molecule has 0 atom stereocenters. The number of H-pyrrole nitrogens is 1. The molecular weight excluding hydrogens is 460 g/mol. The van der Waals surface area contributed by atoms with Crippen molar-refractivity contribution in [1.82, 2.24) is 20.3 Å². The summed E-state index contributed by atoms with van der Waals surface area (Å²) in [6, 6.07) is 19.4. The number of fused-ring (bicyclic) bond motifs is 1. The van der Waals surface area contributed by atoms with Gasteiger partial charge in [0.05, 0.1) is 0 Å². The van der Waals surface area contributed by atoms with E-state index in [1.807, 2.05) is 5.06 Å². The number of aromatic amines is 1. The van der Waals surface area contributed by atoms with Crippen molar-refractivity contribution in [1.29, 1.82) is 0 Å². The van der Waals surface area contributed by atoms with Crippen molar-refractivity contribution in [3.8, 4) is 0 Å². The van der Waals surface area contributed by atoms with Crippen LogP contribution in [0.1, 0.15) is 55.6 Å². The molecule has 1 saturated carbocycles. The third-order valence-corrected chi connectivity index (χ3v) is 8.03. The number of hydrogen-bond donors (Lipinski definition) is 2.